The highest BCUT2D eigenvalue weighted by Gasteiger charge is 2.15. The van der Waals surface area contributed by atoms with Gasteiger partial charge in [-0.3, -0.25) is 4.98 Å². The van der Waals surface area contributed by atoms with E-state index in [2.05, 4.69) is 29.4 Å². The van der Waals surface area contributed by atoms with Crippen molar-refractivity contribution in [1.29, 1.82) is 5.26 Å². The monoisotopic (exact) mass is 363 g/mol. The van der Waals surface area contributed by atoms with Crippen molar-refractivity contribution < 1.29 is 14.2 Å². The van der Waals surface area contributed by atoms with E-state index in [9.17, 15) is 5.26 Å². The summed E-state index contributed by atoms with van der Waals surface area (Å²) in [5, 5.41) is 13.8. The van der Waals surface area contributed by atoms with Crippen molar-refractivity contribution in [2.75, 3.05) is 26.6 Å². The van der Waals surface area contributed by atoms with Crippen LogP contribution in [0.5, 0.6) is 17.2 Å². The maximum atomic E-state index is 9.57. The van der Waals surface area contributed by atoms with Crippen LogP contribution in [0.15, 0.2) is 36.5 Å². The Labute approximate surface area is 158 Å². The molecule has 0 fully saturated rings. The van der Waals surface area contributed by atoms with Gasteiger partial charge < -0.3 is 19.5 Å². The molecule has 1 N–H and O–H groups in total. The fourth-order valence-corrected chi connectivity index (χ4v) is 2.98. The van der Waals surface area contributed by atoms with E-state index in [1.54, 1.807) is 39.7 Å². The number of benzene rings is 2. The summed E-state index contributed by atoms with van der Waals surface area (Å²) in [7, 11) is 4.69. The quantitative estimate of drug-likeness (QED) is 0.698. The second-order valence-electron chi connectivity index (χ2n) is 5.90. The number of aryl methyl sites for hydroxylation is 1. The van der Waals surface area contributed by atoms with Gasteiger partial charge in [0.05, 0.1) is 38.1 Å². The zero-order valence-corrected chi connectivity index (χ0v) is 15.8. The third-order valence-electron chi connectivity index (χ3n) is 4.40. The van der Waals surface area contributed by atoms with E-state index in [1.807, 2.05) is 12.1 Å². The summed E-state index contributed by atoms with van der Waals surface area (Å²) >= 11 is 0. The summed E-state index contributed by atoms with van der Waals surface area (Å²) in [5.74, 6) is 1.58. The van der Waals surface area contributed by atoms with Crippen LogP contribution in [0.2, 0.25) is 0 Å². The number of hydrogen-bond acceptors (Lipinski definition) is 6. The van der Waals surface area contributed by atoms with Crippen molar-refractivity contribution in [2.45, 2.75) is 13.3 Å². The number of pyridine rings is 1. The molecule has 0 saturated carbocycles. The van der Waals surface area contributed by atoms with E-state index in [1.165, 1.54) is 5.56 Å². The van der Waals surface area contributed by atoms with Crippen molar-refractivity contribution in [1.82, 2.24) is 4.98 Å². The highest BCUT2D eigenvalue weighted by Crippen LogP contribution is 2.41. The van der Waals surface area contributed by atoms with Crippen molar-refractivity contribution in [3.8, 4) is 23.3 Å². The van der Waals surface area contributed by atoms with Crippen LogP contribution in [0, 0.1) is 11.3 Å². The number of nitrogens with zero attached hydrogens (tertiary/aromatic N) is 2. The van der Waals surface area contributed by atoms with Gasteiger partial charge in [-0.25, -0.2) is 0 Å². The standard InChI is InChI=1S/C21H21N3O3/c1-5-13-6-7-17-16(8-13)20(14(11-22)12-23-17)24-15-9-18(25-2)21(27-4)19(10-15)26-3/h6-10,12H,5H2,1-4H3,(H,23,24). The molecule has 2 aromatic carbocycles. The van der Waals surface area contributed by atoms with Crippen LogP contribution < -0.4 is 19.5 Å². The lowest BCUT2D eigenvalue weighted by Gasteiger charge is -2.16. The van der Waals surface area contributed by atoms with Gasteiger partial charge in [-0.1, -0.05) is 13.0 Å². The zero-order valence-electron chi connectivity index (χ0n) is 15.8. The van der Waals surface area contributed by atoms with Crippen LogP contribution >= 0.6 is 0 Å². The predicted molar refractivity (Wildman–Crippen MR) is 105 cm³/mol. The number of fused-ring (bicyclic) bond motifs is 1. The van der Waals surface area contributed by atoms with Crippen molar-refractivity contribution >= 4 is 22.3 Å². The average Bonchev–Trinajstić information content (AvgIpc) is 2.72. The zero-order chi connectivity index (χ0) is 19.4. The van der Waals surface area contributed by atoms with Crippen LogP contribution in [-0.2, 0) is 6.42 Å². The lowest BCUT2D eigenvalue weighted by Crippen LogP contribution is -2.00. The Morgan fingerprint density at radius 1 is 1.04 bits per heavy atom. The molecule has 0 saturated heterocycles. The van der Waals surface area contributed by atoms with Gasteiger partial charge in [-0.15, -0.1) is 0 Å². The Balaban J connectivity index is 2.17. The lowest BCUT2D eigenvalue weighted by molar-refractivity contribution is 0.324. The summed E-state index contributed by atoms with van der Waals surface area (Å²) in [6, 6.07) is 11.9. The summed E-state index contributed by atoms with van der Waals surface area (Å²) in [4.78, 5) is 4.39. The molecule has 138 valence electrons. The van der Waals surface area contributed by atoms with Gasteiger partial charge in [0, 0.05) is 29.4 Å². The summed E-state index contributed by atoms with van der Waals surface area (Å²) < 4.78 is 16.2. The average molecular weight is 363 g/mol. The van der Waals surface area contributed by atoms with Gasteiger partial charge in [0.25, 0.3) is 0 Å². The molecule has 27 heavy (non-hydrogen) atoms. The Morgan fingerprint density at radius 2 is 1.74 bits per heavy atom. The SMILES string of the molecule is CCc1ccc2ncc(C#N)c(Nc3cc(OC)c(OC)c(OC)c3)c2c1. The largest absolute Gasteiger partial charge is 0.493 e. The normalized spacial score (nSPS) is 10.3. The summed E-state index contributed by atoms with van der Waals surface area (Å²) in [6.45, 7) is 2.09. The van der Waals surface area contributed by atoms with Gasteiger partial charge in [0.1, 0.15) is 6.07 Å². The topological polar surface area (TPSA) is 76.4 Å². The molecule has 1 heterocycles. The van der Waals surface area contributed by atoms with Crippen LogP contribution in [0.3, 0.4) is 0 Å². The summed E-state index contributed by atoms with van der Waals surface area (Å²) in [5.41, 5.74) is 3.88. The van der Waals surface area contributed by atoms with Gasteiger partial charge in [0.2, 0.25) is 5.75 Å². The molecule has 3 aromatic rings. The highest BCUT2D eigenvalue weighted by molar-refractivity contribution is 5.96. The third-order valence-corrected chi connectivity index (χ3v) is 4.40. The van der Waals surface area contributed by atoms with Crippen molar-refractivity contribution in [3.63, 3.8) is 0 Å². The second-order valence-corrected chi connectivity index (χ2v) is 5.90. The summed E-state index contributed by atoms with van der Waals surface area (Å²) in [6.07, 6.45) is 2.48. The van der Waals surface area contributed by atoms with Gasteiger partial charge in [-0.2, -0.15) is 5.26 Å². The number of nitriles is 1. The molecule has 6 heteroatoms. The fourth-order valence-electron chi connectivity index (χ4n) is 2.98. The molecule has 0 bridgehead atoms. The lowest BCUT2D eigenvalue weighted by atomic mass is 10.0. The van der Waals surface area contributed by atoms with E-state index in [0.29, 0.717) is 28.5 Å². The maximum absolute atomic E-state index is 9.57. The van der Waals surface area contributed by atoms with Crippen LogP contribution in [0.1, 0.15) is 18.1 Å². The molecule has 0 aliphatic heterocycles. The molecule has 0 atom stereocenters. The Morgan fingerprint density at radius 3 is 2.30 bits per heavy atom. The molecule has 0 aliphatic carbocycles. The number of anilines is 2. The molecule has 6 nitrogen and oxygen atoms in total. The van der Waals surface area contributed by atoms with Crippen LogP contribution in [0.4, 0.5) is 11.4 Å². The van der Waals surface area contributed by atoms with Gasteiger partial charge in [0.15, 0.2) is 11.5 Å². The first-order valence-electron chi connectivity index (χ1n) is 8.53. The molecule has 0 amide bonds. The fraction of sp³-hybridized carbons (Fsp3) is 0.238. The number of rotatable bonds is 6. The Hall–Kier alpha value is -3.46. The molecule has 3 rings (SSSR count). The minimum atomic E-state index is 0.463. The molecular weight excluding hydrogens is 342 g/mol. The smallest absolute Gasteiger partial charge is 0.203 e. The number of methoxy groups -OCH3 is 3. The van der Waals surface area contributed by atoms with Crippen LogP contribution in [-0.4, -0.2) is 26.3 Å². The molecule has 0 radical (unpaired) electrons. The van der Waals surface area contributed by atoms with E-state index in [4.69, 9.17) is 14.2 Å². The molecule has 0 aliphatic rings. The van der Waals surface area contributed by atoms with E-state index < -0.39 is 0 Å². The van der Waals surface area contributed by atoms with E-state index >= 15 is 0 Å². The first-order chi connectivity index (χ1) is 13.1. The minimum Gasteiger partial charge on any atom is -0.493 e. The Bertz CT molecular complexity index is 1000. The van der Waals surface area contributed by atoms with E-state index in [0.717, 1.165) is 23.0 Å². The molecule has 0 spiro atoms. The third kappa shape index (κ3) is 3.44. The number of ether oxygens (including phenoxy) is 3. The predicted octanol–water partition coefficient (Wildman–Crippen LogP) is 4.44. The van der Waals surface area contributed by atoms with Crippen LogP contribution in [0.25, 0.3) is 10.9 Å². The number of hydrogen-bond donors (Lipinski definition) is 1. The van der Waals surface area contributed by atoms with Gasteiger partial charge >= 0.3 is 0 Å². The van der Waals surface area contributed by atoms with Crippen molar-refractivity contribution in [3.05, 3.63) is 47.7 Å². The highest BCUT2D eigenvalue weighted by atomic mass is 16.5. The van der Waals surface area contributed by atoms with Gasteiger partial charge in [-0.05, 0) is 24.1 Å². The molecule has 0 unspecified atom stereocenters. The Kier molecular flexibility index (Phi) is 5.32. The number of aromatic nitrogens is 1. The second kappa shape index (κ2) is 7.83. The minimum absolute atomic E-state index is 0.463. The maximum Gasteiger partial charge on any atom is 0.203 e. The van der Waals surface area contributed by atoms with Crippen molar-refractivity contribution in [2.24, 2.45) is 0 Å². The molecular formula is C21H21N3O3. The first-order valence-corrected chi connectivity index (χ1v) is 8.53. The van der Waals surface area contributed by atoms with E-state index in [-0.39, 0.29) is 0 Å². The molecule has 1 aromatic heterocycles. The first kappa shape index (κ1) is 18.3. The number of nitrogens with one attached hydrogen (secondary N) is 1.